The fourth-order valence-electron chi connectivity index (χ4n) is 4.58. The van der Waals surface area contributed by atoms with Crippen molar-refractivity contribution in [1.82, 2.24) is 14.9 Å². The Morgan fingerprint density at radius 2 is 1.63 bits per heavy atom. The standard InChI is InChI=1S/C27H26N4O3S/c1-32-18-13-14-21(24(17-18)34-3)31-26(25(29-27(31)35)19-9-6-7-15-28-19)22-11-8-16-30(22)20-10-4-5-12-23(20)33-2/h4-17,25-26H,1-3H3,(H,29,35). The van der Waals surface area contributed by atoms with Crippen LogP contribution in [0, 0.1) is 0 Å². The van der Waals surface area contributed by atoms with E-state index >= 15 is 0 Å². The maximum absolute atomic E-state index is 5.89. The Labute approximate surface area is 209 Å². The predicted molar refractivity (Wildman–Crippen MR) is 140 cm³/mol. The molecule has 0 aliphatic carbocycles. The lowest BCUT2D eigenvalue weighted by atomic mass is 10.0. The van der Waals surface area contributed by atoms with E-state index in [1.165, 1.54) is 0 Å². The molecule has 1 aliphatic rings. The molecule has 7 nitrogen and oxygen atoms in total. The molecule has 0 saturated carbocycles. The van der Waals surface area contributed by atoms with Crippen molar-refractivity contribution >= 4 is 23.0 Å². The molecule has 1 N–H and O–H groups in total. The third kappa shape index (κ3) is 4.06. The molecule has 0 spiro atoms. The number of anilines is 1. The van der Waals surface area contributed by atoms with Crippen LogP contribution in [0.1, 0.15) is 23.5 Å². The van der Waals surface area contributed by atoms with Crippen LogP contribution in [-0.2, 0) is 0 Å². The minimum Gasteiger partial charge on any atom is -0.497 e. The van der Waals surface area contributed by atoms with Crippen LogP contribution in [0.25, 0.3) is 5.69 Å². The first-order chi connectivity index (χ1) is 17.2. The number of hydrogen-bond donors (Lipinski definition) is 1. The summed E-state index contributed by atoms with van der Waals surface area (Å²) in [4.78, 5) is 6.75. The monoisotopic (exact) mass is 486 g/mol. The lowest BCUT2D eigenvalue weighted by Crippen LogP contribution is -2.30. The largest absolute Gasteiger partial charge is 0.497 e. The highest BCUT2D eigenvalue weighted by atomic mass is 32.1. The Balaban J connectivity index is 1.70. The normalized spacial score (nSPS) is 17.2. The Kier molecular flexibility index (Phi) is 6.29. The van der Waals surface area contributed by atoms with Gasteiger partial charge in [0.15, 0.2) is 5.11 Å². The van der Waals surface area contributed by atoms with Crippen molar-refractivity contribution in [2.45, 2.75) is 12.1 Å². The molecule has 0 radical (unpaired) electrons. The highest BCUT2D eigenvalue weighted by molar-refractivity contribution is 7.80. The number of nitrogens with one attached hydrogen (secondary N) is 1. The number of hydrogen-bond acceptors (Lipinski definition) is 5. The number of ether oxygens (including phenoxy) is 3. The van der Waals surface area contributed by atoms with E-state index < -0.39 is 0 Å². The van der Waals surface area contributed by atoms with E-state index in [1.807, 2.05) is 72.9 Å². The van der Waals surface area contributed by atoms with Gasteiger partial charge in [-0.1, -0.05) is 18.2 Å². The molecule has 2 aromatic heterocycles. The molecule has 0 amide bonds. The number of pyridine rings is 1. The van der Waals surface area contributed by atoms with Crippen LogP contribution in [0.2, 0.25) is 0 Å². The van der Waals surface area contributed by atoms with E-state index in [4.69, 9.17) is 26.4 Å². The first kappa shape index (κ1) is 22.7. The van der Waals surface area contributed by atoms with Crippen LogP contribution in [0.3, 0.4) is 0 Å². The minimum absolute atomic E-state index is 0.195. The zero-order valence-corrected chi connectivity index (χ0v) is 20.5. The second-order valence-corrected chi connectivity index (χ2v) is 8.40. The molecule has 4 aromatic rings. The highest BCUT2D eigenvalue weighted by Gasteiger charge is 2.43. The number of para-hydroxylation sites is 2. The topological polar surface area (TPSA) is 60.8 Å². The van der Waals surface area contributed by atoms with E-state index in [0.29, 0.717) is 16.6 Å². The summed E-state index contributed by atoms with van der Waals surface area (Å²) in [6.45, 7) is 0. The van der Waals surface area contributed by atoms with Gasteiger partial charge in [-0.3, -0.25) is 4.98 Å². The van der Waals surface area contributed by atoms with Gasteiger partial charge in [0, 0.05) is 24.2 Å². The summed E-state index contributed by atoms with van der Waals surface area (Å²) < 4.78 is 19.0. The molecule has 2 unspecified atom stereocenters. The van der Waals surface area contributed by atoms with Crippen molar-refractivity contribution in [3.63, 3.8) is 0 Å². The molecule has 35 heavy (non-hydrogen) atoms. The van der Waals surface area contributed by atoms with Gasteiger partial charge in [0.05, 0.1) is 44.4 Å². The molecule has 1 fully saturated rings. The summed E-state index contributed by atoms with van der Waals surface area (Å²) in [7, 11) is 4.96. The molecule has 3 heterocycles. The van der Waals surface area contributed by atoms with Gasteiger partial charge in [0.25, 0.3) is 0 Å². The molecular weight excluding hydrogens is 460 g/mol. The number of methoxy groups -OCH3 is 3. The zero-order chi connectivity index (χ0) is 24.4. The fraction of sp³-hybridized carbons (Fsp3) is 0.185. The average molecular weight is 487 g/mol. The maximum Gasteiger partial charge on any atom is 0.174 e. The van der Waals surface area contributed by atoms with Crippen LogP contribution in [0.5, 0.6) is 17.2 Å². The predicted octanol–water partition coefficient (Wildman–Crippen LogP) is 5.08. The third-order valence-electron chi connectivity index (χ3n) is 6.17. The van der Waals surface area contributed by atoms with Crippen LogP contribution >= 0.6 is 12.2 Å². The summed E-state index contributed by atoms with van der Waals surface area (Å²) >= 11 is 5.89. The van der Waals surface area contributed by atoms with Crippen LogP contribution in [-0.4, -0.2) is 36.0 Å². The minimum atomic E-state index is -0.223. The van der Waals surface area contributed by atoms with Gasteiger partial charge in [-0.15, -0.1) is 0 Å². The van der Waals surface area contributed by atoms with E-state index in [9.17, 15) is 0 Å². The number of nitrogens with zero attached hydrogens (tertiary/aromatic N) is 3. The van der Waals surface area contributed by atoms with E-state index in [0.717, 1.165) is 28.5 Å². The highest BCUT2D eigenvalue weighted by Crippen LogP contribution is 2.46. The van der Waals surface area contributed by atoms with Gasteiger partial charge in [-0.2, -0.15) is 0 Å². The van der Waals surface area contributed by atoms with Crippen molar-refractivity contribution in [2.24, 2.45) is 0 Å². The summed E-state index contributed by atoms with van der Waals surface area (Å²) in [5, 5.41) is 4.09. The average Bonchev–Trinajstić information content (AvgIpc) is 3.52. The lowest BCUT2D eigenvalue weighted by molar-refractivity contribution is 0.394. The van der Waals surface area contributed by atoms with Gasteiger partial charge in [0.1, 0.15) is 23.3 Å². The molecule has 5 rings (SSSR count). The van der Waals surface area contributed by atoms with Crippen LogP contribution in [0.4, 0.5) is 5.69 Å². The van der Waals surface area contributed by atoms with E-state index in [1.54, 1.807) is 27.5 Å². The molecule has 1 saturated heterocycles. The maximum atomic E-state index is 5.89. The second kappa shape index (κ2) is 9.68. The third-order valence-corrected chi connectivity index (χ3v) is 6.49. The SMILES string of the molecule is COc1ccc(N2C(=S)NC(c3ccccn3)C2c2cccn2-c2ccccc2OC)c(OC)c1. The molecule has 0 bridgehead atoms. The first-order valence-electron chi connectivity index (χ1n) is 11.2. The van der Waals surface area contributed by atoms with Crippen molar-refractivity contribution < 1.29 is 14.2 Å². The van der Waals surface area contributed by atoms with Crippen molar-refractivity contribution in [2.75, 3.05) is 26.2 Å². The Morgan fingerprint density at radius 3 is 2.37 bits per heavy atom. The summed E-state index contributed by atoms with van der Waals surface area (Å²) in [6, 6.07) is 23.3. The lowest BCUT2D eigenvalue weighted by Gasteiger charge is -2.30. The summed E-state index contributed by atoms with van der Waals surface area (Å²) in [5.74, 6) is 2.15. The molecule has 2 aromatic carbocycles. The number of aromatic nitrogens is 2. The summed E-state index contributed by atoms with van der Waals surface area (Å²) in [6.07, 6.45) is 3.83. The molecular formula is C27H26N4O3S. The quantitative estimate of drug-likeness (QED) is 0.366. The Bertz CT molecular complexity index is 1340. The number of benzene rings is 2. The zero-order valence-electron chi connectivity index (χ0n) is 19.7. The molecule has 2 atom stereocenters. The Hall–Kier alpha value is -4.04. The van der Waals surface area contributed by atoms with E-state index in [2.05, 4.69) is 25.8 Å². The van der Waals surface area contributed by atoms with Crippen molar-refractivity contribution in [3.8, 4) is 22.9 Å². The van der Waals surface area contributed by atoms with Gasteiger partial charge < -0.3 is 29.0 Å². The summed E-state index contributed by atoms with van der Waals surface area (Å²) in [5.41, 5.74) is 3.69. The van der Waals surface area contributed by atoms with E-state index in [-0.39, 0.29) is 12.1 Å². The van der Waals surface area contributed by atoms with Gasteiger partial charge in [0.2, 0.25) is 0 Å². The first-order valence-corrected chi connectivity index (χ1v) is 11.6. The van der Waals surface area contributed by atoms with Gasteiger partial charge in [-0.25, -0.2) is 0 Å². The second-order valence-electron chi connectivity index (χ2n) is 8.01. The molecule has 1 aliphatic heterocycles. The van der Waals surface area contributed by atoms with Crippen LogP contribution in [0.15, 0.2) is 85.2 Å². The molecule has 178 valence electrons. The number of thiocarbonyl (C=S) groups is 1. The van der Waals surface area contributed by atoms with Gasteiger partial charge >= 0.3 is 0 Å². The smallest absolute Gasteiger partial charge is 0.174 e. The fourth-order valence-corrected chi connectivity index (χ4v) is 4.92. The molecule has 8 heteroatoms. The van der Waals surface area contributed by atoms with Crippen LogP contribution < -0.4 is 24.4 Å². The number of rotatable bonds is 7. The van der Waals surface area contributed by atoms with Crippen molar-refractivity contribution in [1.29, 1.82) is 0 Å². The Morgan fingerprint density at radius 1 is 0.829 bits per heavy atom. The van der Waals surface area contributed by atoms with Crippen molar-refractivity contribution in [3.05, 3.63) is 96.6 Å². The van der Waals surface area contributed by atoms with Gasteiger partial charge in [-0.05, 0) is 60.7 Å².